The van der Waals surface area contributed by atoms with Crippen LogP contribution in [0.4, 0.5) is 0 Å². The summed E-state index contributed by atoms with van der Waals surface area (Å²) in [7, 11) is 0. The molecule has 3 aromatic heterocycles. The molecule has 0 saturated carbocycles. The standard InChI is InChI=1S/C60H25NS2/c1-4-10-28-16-34-31(13-25(28)7-1)20-38-41-23-62-60-49-36-18-30-12-6-3-9-27(30)15-33(36)21-39-42-24-63-59-48-35-17-29-11-5-2-8-26(29)14-32(35)19-37-40-22-61-58-46(34)43(38)52-55(47(40)58)53(44(37)48)57(51(42)59)54(45(39)49)56(52)50(41)60/h1-24,61H. The maximum Gasteiger partial charge on any atom is 0.0553 e. The van der Waals surface area contributed by atoms with Crippen molar-refractivity contribution < 1.29 is 0 Å². The highest BCUT2D eigenvalue weighted by Gasteiger charge is 2.34. The number of H-pyrrole nitrogens is 1. The first-order valence-electron chi connectivity index (χ1n) is 22.0. The molecule has 0 unspecified atom stereocenters. The second-order valence-corrected chi connectivity index (χ2v) is 20.5. The Balaban J connectivity index is 1.22. The minimum absolute atomic E-state index is 1.27. The maximum atomic E-state index is 4.03. The van der Waals surface area contributed by atoms with Crippen LogP contribution in [0.2, 0.25) is 0 Å². The predicted octanol–water partition coefficient (Wildman–Crippen LogP) is 18.5. The highest BCUT2D eigenvalue weighted by atomic mass is 32.1. The Morgan fingerprint density at radius 1 is 0.254 bits per heavy atom. The molecule has 0 bridgehead atoms. The largest absolute Gasteiger partial charge is 0.360 e. The molecule has 0 aliphatic heterocycles. The third-order valence-corrected chi connectivity index (χ3v) is 18.1. The van der Waals surface area contributed by atoms with Gasteiger partial charge in [-0.1, -0.05) is 72.8 Å². The summed E-state index contributed by atoms with van der Waals surface area (Å²) < 4.78 is 2.85. The average molecular weight is 824 g/mol. The molecule has 63 heavy (non-hydrogen) atoms. The summed E-state index contributed by atoms with van der Waals surface area (Å²) in [5.41, 5.74) is 1.27. The number of hydrogen-bond acceptors (Lipinski definition) is 2. The van der Waals surface area contributed by atoms with E-state index in [-0.39, 0.29) is 0 Å². The Bertz CT molecular complexity index is 4750. The topological polar surface area (TPSA) is 15.8 Å². The van der Waals surface area contributed by atoms with Gasteiger partial charge in [-0.15, -0.1) is 22.7 Å². The summed E-state index contributed by atoms with van der Waals surface area (Å²) in [4.78, 5) is 4.03. The molecular weight excluding hydrogens is 799 g/mol. The van der Waals surface area contributed by atoms with Crippen LogP contribution in [-0.2, 0) is 0 Å². The lowest BCUT2D eigenvalue weighted by molar-refractivity contribution is 1.51. The normalized spacial score (nSPS) is 13.7. The zero-order chi connectivity index (χ0) is 39.9. The SMILES string of the molecule is c1ccc2cc3c(cc2c1)cc1c2csc4c5c6cc7ccccc7cc6cc6c7csc8c9c%10cc%11ccccc%11cc%10cc%10c%11c[nH]c%12c3c1c1c(c%11%12)c(c%109)c(c78)c(c65)c1c24. The number of aromatic nitrogens is 1. The molecule has 1 N–H and O–H groups in total. The molecule has 0 aliphatic rings. The molecule has 1 nitrogen and oxygen atoms in total. The third kappa shape index (κ3) is 3.08. The van der Waals surface area contributed by atoms with Crippen molar-refractivity contribution in [2.24, 2.45) is 0 Å². The zero-order valence-electron chi connectivity index (χ0n) is 33.2. The van der Waals surface area contributed by atoms with Crippen molar-refractivity contribution in [3.63, 3.8) is 0 Å². The van der Waals surface area contributed by atoms with E-state index in [1.807, 2.05) is 22.7 Å². The van der Waals surface area contributed by atoms with Gasteiger partial charge in [0.05, 0.1) is 5.52 Å². The van der Waals surface area contributed by atoms with Gasteiger partial charge >= 0.3 is 0 Å². The number of benzene rings is 16. The molecule has 3 heterocycles. The first-order chi connectivity index (χ1) is 31.2. The lowest BCUT2D eigenvalue weighted by atomic mass is 9.75. The van der Waals surface area contributed by atoms with Gasteiger partial charge in [0.2, 0.25) is 0 Å². The van der Waals surface area contributed by atoms with Gasteiger partial charge in [-0.3, -0.25) is 0 Å². The predicted molar refractivity (Wildman–Crippen MR) is 279 cm³/mol. The summed E-state index contributed by atoms with van der Waals surface area (Å²) in [5.74, 6) is 0. The molecule has 0 saturated heterocycles. The number of rotatable bonds is 0. The van der Waals surface area contributed by atoms with E-state index in [4.69, 9.17) is 0 Å². The summed E-state index contributed by atoms with van der Waals surface area (Å²) >= 11 is 3.93. The number of hydrogen-bond donors (Lipinski definition) is 1. The van der Waals surface area contributed by atoms with E-state index >= 15 is 0 Å². The van der Waals surface area contributed by atoms with E-state index in [0.717, 1.165) is 0 Å². The Labute approximate surface area is 362 Å². The molecule has 3 heteroatoms. The number of fused-ring (bicyclic) bond motifs is 15. The van der Waals surface area contributed by atoms with Crippen LogP contribution in [0.15, 0.2) is 144 Å². The van der Waals surface area contributed by atoms with Gasteiger partial charge in [0.25, 0.3) is 0 Å². The van der Waals surface area contributed by atoms with Crippen molar-refractivity contribution in [1.29, 1.82) is 0 Å². The summed E-state index contributed by atoms with van der Waals surface area (Å²) in [6.07, 6.45) is 2.36. The average Bonchev–Trinajstić information content (AvgIpc) is 4.09. The number of aromatic amines is 1. The first kappa shape index (κ1) is 30.5. The second-order valence-electron chi connectivity index (χ2n) is 18.7. The van der Waals surface area contributed by atoms with Gasteiger partial charge in [-0.2, -0.15) is 0 Å². The molecular formula is C60H25NS2. The molecule has 282 valence electrons. The van der Waals surface area contributed by atoms with Crippen molar-refractivity contribution in [3.8, 4) is 0 Å². The molecule has 0 atom stereocenters. The van der Waals surface area contributed by atoms with Gasteiger partial charge < -0.3 is 4.98 Å². The van der Waals surface area contributed by atoms with Gasteiger partial charge in [0.15, 0.2) is 0 Å². The van der Waals surface area contributed by atoms with Crippen molar-refractivity contribution in [3.05, 3.63) is 144 Å². The van der Waals surface area contributed by atoms with Gasteiger partial charge in [-0.05, 0) is 146 Å². The third-order valence-electron chi connectivity index (χ3n) is 16.1. The van der Waals surface area contributed by atoms with E-state index in [2.05, 4.69) is 149 Å². The minimum Gasteiger partial charge on any atom is -0.360 e. The minimum atomic E-state index is 1.27. The van der Waals surface area contributed by atoms with Crippen LogP contribution in [0.25, 0.3) is 193 Å². The van der Waals surface area contributed by atoms with E-state index in [1.54, 1.807) is 0 Å². The van der Waals surface area contributed by atoms with Crippen molar-refractivity contribution in [2.45, 2.75) is 0 Å². The Morgan fingerprint density at radius 2 is 0.571 bits per heavy atom. The summed E-state index contributed by atoms with van der Waals surface area (Å²) in [5, 5.41) is 50.5. The van der Waals surface area contributed by atoms with E-state index < -0.39 is 0 Å². The van der Waals surface area contributed by atoms with Crippen LogP contribution in [0.1, 0.15) is 0 Å². The summed E-state index contributed by atoms with van der Waals surface area (Å²) in [6, 6.07) is 49.2. The van der Waals surface area contributed by atoms with Crippen LogP contribution >= 0.6 is 22.7 Å². The highest BCUT2D eigenvalue weighted by Crippen LogP contribution is 2.63. The van der Waals surface area contributed by atoms with Crippen molar-refractivity contribution in [2.75, 3.05) is 0 Å². The van der Waals surface area contributed by atoms with E-state index in [9.17, 15) is 0 Å². The van der Waals surface area contributed by atoms with Gasteiger partial charge in [-0.25, -0.2) is 0 Å². The lowest BCUT2D eigenvalue weighted by Crippen LogP contribution is -1.98. The zero-order valence-corrected chi connectivity index (χ0v) is 34.8. The van der Waals surface area contributed by atoms with Crippen LogP contribution in [-0.4, -0.2) is 4.98 Å². The number of nitrogens with one attached hydrogen (secondary N) is 1. The highest BCUT2D eigenvalue weighted by molar-refractivity contribution is 7.20. The second kappa shape index (κ2) is 9.57. The fourth-order valence-corrected chi connectivity index (χ4v) is 16.0. The molecule has 0 amide bonds. The molecule has 0 radical (unpaired) electrons. The molecule has 0 fully saturated rings. The maximum absolute atomic E-state index is 4.03. The Morgan fingerprint density at radius 3 is 1.03 bits per heavy atom. The fraction of sp³-hybridized carbons (Fsp3) is 0. The smallest absolute Gasteiger partial charge is 0.0553 e. The Kier molecular flexibility index (Phi) is 4.63. The van der Waals surface area contributed by atoms with Crippen LogP contribution in [0.3, 0.4) is 0 Å². The van der Waals surface area contributed by atoms with Gasteiger partial charge in [0.1, 0.15) is 0 Å². The molecule has 16 aromatic carbocycles. The molecule has 0 spiro atoms. The Hall–Kier alpha value is -7.56. The summed E-state index contributed by atoms with van der Waals surface area (Å²) in [6.45, 7) is 0. The first-order valence-corrected chi connectivity index (χ1v) is 23.7. The van der Waals surface area contributed by atoms with Gasteiger partial charge in [0, 0.05) is 113 Å². The van der Waals surface area contributed by atoms with Crippen molar-refractivity contribution in [1.82, 2.24) is 4.98 Å². The molecule has 0 aliphatic carbocycles. The lowest BCUT2D eigenvalue weighted by Gasteiger charge is -2.27. The van der Waals surface area contributed by atoms with Crippen LogP contribution in [0, 0.1) is 0 Å². The number of thiophene rings is 2. The molecule has 19 rings (SSSR count). The van der Waals surface area contributed by atoms with Crippen LogP contribution in [0.5, 0.6) is 0 Å². The van der Waals surface area contributed by atoms with E-state index in [1.165, 1.54) is 193 Å². The monoisotopic (exact) mass is 823 g/mol. The molecule has 19 aromatic rings. The van der Waals surface area contributed by atoms with Crippen LogP contribution < -0.4 is 0 Å². The van der Waals surface area contributed by atoms with Crippen molar-refractivity contribution >= 4 is 215 Å². The fourth-order valence-electron chi connectivity index (χ4n) is 13.7. The van der Waals surface area contributed by atoms with E-state index in [0.29, 0.717) is 0 Å². The quantitative estimate of drug-likeness (QED) is 0.116.